The molecule has 0 aliphatic rings. The fourth-order valence-electron chi connectivity index (χ4n) is 0. The van der Waals surface area contributed by atoms with Crippen LogP contribution < -0.4 is 0 Å². The molecule has 43 valence electrons. The van der Waals surface area contributed by atoms with Crippen molar-refractivity contribution in [3.8, 4) is 0 Å². The molecule has 0 rings (SSSR count). The van der Waals surface area contributed by atoms with Gasteiger partial charge in [-0.05, 0) is 0 Å². The Labute approximate surface area is 39.1 Å². The van der Waals surface area contributed by atoms with E-state index in [-0.39, 0.29) is 0 Å². The average Bonchev–Trinajstić information content (AvgIpc) is 1.31. The molecule has 0 aromatic carbocycles. The number of hydrogen-bond acceptors (Lipinski definition) is 5. The molecule has 0 amide bonds. The molecule has 0 fully saturated rings. The predicted octanol–water partition coefficient (Wildman–Crippen LogP) is -2.15. The molecular weight excluding hydrogens is 104 g/mol. The summed E-state index contributed by atoms with van der Waals surface area (Å²) in [4.78, 5) is 0. The quantitative estimate of drug-likeness (QED) is 0.247. The minimum Gasteiger partial charge on any atom is -0.355 e. The summed E-state index contributed by atoms with van der Waals surface area (Å²) in [5.74, 6) is -3.47. The van der Waals surface area contributed by atoms with Gasteiger partial charge in [0.1, 0.15) is 0 Å². The Kier molecular flexibility index (Phi) is 1.68. The molecule has 7 heavy (non-hydrogen) atoms. The zero-order chi connectivity index (χ0) is 6.08. The normalized spacial score (nSPS) is 12.9. The highest BCUT2D eigenvalue weighted by atomic mass is 16.7. The molecular formula is C2H5O5. The first-order valence-corrected chi connectivity index (χ1v) is 1.37. The van der Waals surface area contributed by atoms with Gasteiger partial charge in [0, 0.05) is 0 Å². The summed E-state index contributed by atoms with van der Waals surface area (Å²) in [5, 5.41) is 38.2. The molecule has 0 unspecified atom stereocenters. The van der Waals surface area contributed by atoms with Crippen molar-refractivity contribution < 1.29 is 25.5 Å². The molecule has 0 heterocycles. The summed E-state index contributed by atoms with van der Waals surface area (Å²) in [5.41, 5.74) is 0. The minimum atomic E-state index is -3.47. The van der Waals surface area contributed by atoms with Crippen molar-refractivity contribution in [3.63, 3.8) is 0 Å². The van der Waals surface area contributed by atoms with E-state index in [0.717, 1.165) is 0 Å². The Morgan fingerprint density at radius 3 is 1.14 bits per heavy atom. The van der Waals surface area contributed by atoms with Crippen molar-refractivity contribution in [3.05, 3.63) is 6.29 Å². The lowest BCUT2D eigenvalue weighted by Gasteiger charge is -2.12. The van der Waals surface area contributed by atoms with Gasteiger partial charge in [0.05, 0.1) is 0 Å². The van der Waals surface area contributed by atoms with E-state index < -0.39 is 12.3 Å². The predicted molar refractivity (Wildman–Crippen MR) is 16.5 cm³/mol. The van der Waals surface area contributed by atoms with E-state index in [0.29, 0.717) is 0 Å². The molecule has 5 nitrogen and oxygen atoms in total. The van der Waals surface area contributed by atoms with Gasteiger partial charge < -0.3 is 25.5 Å². The third kappa shape index (κ3) is 2.49. The maximum atomic E-state index is 7.67. The molecule has 0 saturated carbocycles. The first-order valence-electron chi connectivity index (χ1n) is 1.37. The lowest BCUT2D eigenvalue weighted by atomic mass is 10.5. The molecule has 0 saturated heterocycles. The molecule has 5 N–H and O–H groups in total. The first-order chi connectivity index (χ1) is 2.94. The van der Waals surface area contributed by atoms with E-state index in [9.17, 15) is 0 Å². The lowest BCUT2D eigenvalue weighted by molar-refractivity contribution is -0.350. The van der Waals surface area contributed by atoms with Crippen LogP contribution in [0.3, 0.4) is 0 Å². The Morgan fingerprint density at radius 1 is 1.00 bits per heavy atom. The van der Waals surface area contributed by atoms with Gasteiger partial charge in [-0.25, -0.2) is 0 Å². The van der Waals surface area contributed by atoms with Gasteiger partial charge in [-0.3, -0.25) is 0 Å². The molecule has 0 atom stereocenters. The summed E-state index contributed by atoms with van der Waals surface area (Å²) < 4.78 is 0. The van der Waals surface area contributed by atoms with E-state index in [1.807, 2.05) is 0 Å². The van der Waals surface area contributed by atoms with E-state index in [2.05, 4.69) is 0 Å². The maximum absolute atomic E-state index is 7.67. The van der Waals surface area contributed by atoms with E-state index in [1.54, 1.807) is 0 Å². The van der Waals surface area contributed by atoms with Crippen molar-refractivity contribution in [1.29, 1.82) is 0 Å². The molecule has 0 aromatic rings. The van der Waals surface area contributed by atoms with Crippen LogP contribution >= 0.6 is 0 Å². The summed E-state index contributed by atoms with van der Waals surface area (Å²) in [7, 11) is 0. The SMILES string of the molecule is O[C](O)C(O)(O)O. The van der Waals surface area contributed by atoms with Crippen molar-refractivity contribution in [1.82, 2.24) is 0 Å². The molecule has 0 spiro atoms. The fraction of sp³-hybridized carbons (Fsp3) is 0.500. The Balaban J connectivity index is 3.54. The van der Waals surface area contributed by atoms with Crippen LogP contribution in [-0.4, -0.2) is 31.5 Å². The molecule has 1 radical (unpaired) electrons. The number of aliphatic hydroxyl groups is 5. The Morgan fingerprint density at radius 2 is 1.14 bits per heavy atom. The fourth-order valence-corrected chi connectivity index (χ4v) is 0. The van der Waals surface area contributed by atoms with Crippen LogP contribution in [0.1, 0.15) is 0 Å². The zero-order valence-corrected chi connectivity index (χ0v) is 3.24. The van der Waals surface area contributed by atoms with Crippen LogP contribution in [0.15, 0.2) is 0 Å². The monoisotopic (exact) mass is 109 g/mol. The summed E-state index contributed by atoms with van der Waals surface area (Å²) in [6, 6.07) is 0. The summed E-state index contributed by atoms with van der Waals surface area (Å²) in [6.45, 7) is 0. The maximum Gasteiger partial charge on any atom is 0.338 e. The van der Waals surface area contributed by atoms with Crippen LogP contribution in [0.5, 0.6) is 0 Å². The largest absolute Gasteiger partial charge is 0.355 e. The first kappa shape index (κ1) is 6.80. The third-order valence-corrected chi connectivity index (χ3v) is 0.300. The number of rotatable bonds is 1. The van der Waals surface area contributed by atoms with Crippen molar-refractivity contribution in [2.45, 2.75) is 5.97 Å². The molecule has 0 aliphatic carbocycles. The number of aliphatic hydroxyl groups excluding tert-OH is 1. The minimum absolute atomic E-state index is 1.84. The molecule has 0 aliphatic heterocycles. The molecule has 5 heteroatoms. The third-order valence-electron chi connectivity index (χ3n) is 0.300. The van der Waals surface area contributed by atoms with Crippen molar-refractivity contribution in [2.75, 3.05) is 0 Å². The second-order valence-electron chi connectivity index (χ2n) is 0.959. The second kappa shape index (κ2) is 1.73. The van der Waals surface area contributed by atoms with Gasteiger partial charge in [-0.1, -0.05) is 0 Å². The van der Waals surface area contributed by atoms with Crippen LogP contribution in [0.25, 0.3) is 0 Å². The summed E-state index contributed by atoms with van der Waals surface area (Å²) >= 11 is 0. The lowest BCUT2D eigenvalue weighted by Crippen LogP contribution is -2.35. The topological polar surface area (TPSA) is 101 Å². The van der Waals surface area contributed by atoms with E-state index >= 15 is 0 Å². The standard InChI is InChI=1S/C2H5O5/c3-1(4)2(5,6)7/h3-7H. The van der Waals surface area contributed by atoms with Gasteiger partial charge >= 0.3 is 12.3 Å². The number of hydrogen-bond donors (Lipinski definition) is 5. The average molecular weight is 109 g/mol. The van der Waals surface area contributed by atoms with Gasteiger partial charge in [-0.2, -0.15) is 0 Å². The van der Waals surface area contributed by atoms with Crippen LogP contribution in [-0.2, 0) is 0 Å². The van der Waals surface area contributed by atoms with Crippen LogP contribution in [0.4, 0.5) is 0 Å². The Hall–Kier alpha value is -0.200. The van der Waals surface area contributed by atoms with Crippen molar-refractivity contribution >= 4 is 0 Å². The van der Waals surface area contributed by atoms with Gasteiger partial charge in [0.15, 0.2) is 0 Å². The molecule has 0 aromatic heterocycles. The highest BCUT2D eigenvalue weighted by Gasteiger charge is 2.30. The van der Waals surface area contributed by atoms with Crippen molar-refractivity contribution in [2.24, 2.45) is 0 Å². The van der Waals surface area contributed by atoms with Gasteiger partial charge in [0.2, 0.25) is 0 Å². The highest BCUT2D eigenvalue weighted by Crippen LogP contribution is 2.03. The van der Waals surface area contributed by atoms with Gasteiger partial charge in [0.25, 0.3) is 0 Å². The van der Waals surface area contributed by atoms with Gasteiger partial charge in [-0.15, -0.1) is 0 Å². The molecule has 0 bridgehead atoms. The Bertz CT molecular complexity index is 51.6. The smallest absolute Gasteiger partial charge is 0.338 e. The zero-order valence-electron chi connectivity index (χ0n) is 3.24. The summed E-state index contributed by atoms with van der Waals surface area (Å²) in [6.07, 6.45) is -1.84. The van der Waals surface area contributed by atoms with Crippen LogP contribution in [0.2, 0.25) is 0 Å². The van der Waals surface area contributed by atoms with Crippen LogP contribution in [0, 0.1) is 6.29 Å². The van der Waals surface area contributed by atoms with E-state index in [1.165, 1.54) is 0 Å². The highest BCUT2D eigenvalue weighted by molar-refractivity contribution is 4.65. The second-order valence-corrected chi connectivity index (χ2v) is 0.959. The van der Waals surface area contributed by atoms with E-state index in [4.69, 9.17) is 25.5 Å².